The number of methoxy groups -OCH3 is 1. The van der Waals surface area contributed by atoms with Crippen molar-refractivity contribution in [2.45, 2.75) is 19.8 Å². The summed E-state index contributed by atoms with van der Waals surface area (Å²) in [6.45, 7) is 7.19. The molecular formula is C21H28N6O2. The molecule has 0 aromatic carbocycles. The average Bonchev–Trinajstić information content (AvgIpc) is 2.79. The van der Waals surface area contributed by atoms with E-state index in [1.54, 1.807) is 25.4 Å². The van der Waals surface area contributed by atoms with Crippen LogP contribution in [0.1, 0.15) is 30.1 Å². The lowest BCUT2D eigenvalue weighted by atomic mass is 9.99. The van der Waals surface area contributed by atoms with Crippen molar-refractivity contribution in [2.75, 3.05) is 56.2 Å². The minimum absolute atomic E-state index is 0.00566. The van der Waals surface area contributed by atoms with Crippen molar-refractivity contribution < 1.29 is 9.53 Å². The van der Waals surface area contributed by atoms with E-state index in [9.17, 15) is 4.79 Å². The molecule has 29 heavy (non-hydrogen) atoms. The van der Waals surface area contributed by atoms with Gasteiger partial charge in [-0.15, -0.1) is 10.2 Å². The molecule has 2 aromatic heterocycles. The normalized spacial score (nSPS) is 18.1. The molecule has 2 aliphatic rings. The van der Waals surface area contributed by atoms with Crippen LogP contribution in [0, 0.1) is 5.92 Å². The molecular weight excluding hydrogens is 368 g/mol. The van der Waals surface area contributed by atoms with E-state index < -0.39 is 0 Å². The number of nitrogens with zero attached hydrogens (tertiary/aromatic N) is 6. The van der Waals surface area contributed by atoms with Gasteiger partial charge in [0, 0.05) is 57.1 Å². The minimum atomic E-state index is 0.00566. The van der Waals surface area contributed by atoms with Gasteiger partial charge in [-0.2, -0.15) is 0 Å². The van der Waals surface area contributed by atoms with Crippen LogP contribution < -0.4 is 14.5 Å². The first-order valence-electron chi connectivity index (χ1n) is 10.3. The fraction of sp³-hybridized carbons (Fsp3) is 0.524. The van der Waals surface area contributed by atoms with E-state index in [0.29, 0.717) is 24.5 Å². The molecule has 0 aliphatic carbocycles. The summed E-state index contributed by atoms with van der Waals surface area (Å²) in [6, 6.07) is 7.52. The number of pyridine rings is 1. The Balaban J connectivity index is 1.34. The summed E-state index contributed by atoms with van der Waals surface area (Å²) >= 11 is 0. The van der Waals surface area contributed by atoms with Crippen molar-refractivity contribution >= 4 is 17.5 Å². The summed E-state index contributed by atoms with van der Waals surface area (Å²) in [6.07, 6.45) is 4.02. The molecule has 0 unspecified atom stereocenters. The van der Waals surface area contributed by atoms with Gasteiger partial charge in [0.15, 0.2) is 11.6 Å². The Hall–Kier alpha value is -2.90. The second-order valence-corrected chi connectivity index (χ2v) is 7.79. The number of piperidine rings is 1. The van der Waals surface area contributed by atoms with E-state index in [1.165, 1.54) is 12.8 Å². The first-order valence-corrected chi connectivity index (χ1v) is 10.3. The molecule has 0 atom stereocenters. The number of rotatable bonds is 4. The third kappa shape index (κ3) is 4.41. The SMILES string of the molecule is COc1cc(C(=O)N2CCN(c3ccc(N4CCC(C)CC4)nn3)CC2)ccn1. The molecule has 0 bridgehead atoms. The third-order valence-electron chi connectivity index (χ3n) is 5.83. The second-order valence-electron chi connectivity index (χ2n) is 7.79. The topological polar surface area (TPSA) is 74.7 Å². The number of carbonyl (C=O) groups is 1. The Morgan fingerprint density at radius 3 is 2.17 bits per heavy atom. The zero-order valence-corrected chi connectivity index (χ0v) is 17.1. The van der Waals surface area contributed by atoms with E-state index in [-0.39, 0.29) is 5.91 Å². The van der Waals surface area contributed by atoms with Gasteiger partial charge in [0.25, 0.3) is 5.91 Å². The van der Waals surface area contributed by atoms with E-state index in [4.69, 9.17) is 4.74 Å². The number of piperazine rings is 1. The van der Waals surface area contributed by atoms with Crippen molar-refractivity contribution in [1.29, 1.82) is 0 Å². The van der Waals surface area contributed by atoms with Gasteiger partial charge in [0.05, 0.1) is 7.11 Å². The summed E-state index contributed by atoms with van der Waals surface area (Å²) in [5.74, 6) is 3.09. The highest BCUT2D eigenvalue weighted by Crippen LogP contribution is 2.22. The Kier molecular flexibility index (Phi) is 5.78. The van der Waals surface area contributed by atoms with Gasteiger partial charge in [0.1, 0.15) is 0 Å². The summed E-state index contributed by atoms with van der Waals surface area (Å²) in [4.78, 5) is 23.2. The van der Waals surface area contributed by atoms with Gasteiger partial charge in [-0.1, -0.05) is 6.92 Å². The number of hydrogen-bond donors (Lipinski definition) is 0. The van der Waals surface area contributed by atoms with Crippen LogP contribution in [0.15, 0.2) is 30.5 Å². The lowest BCUT2D eigenvalue weighted by Gasteiger charge is -2.35. The lowest BCUT2D eigenvalue weighted by molar-refractivity contribution is 0.0746. The van der Waals surface area contributed by atoms with Gasteiger partial charge in [-0.25, -0.2) is 4.98 Å². The number of amides is 1. The number of aromatic nitrogens is 3. The molecule has 8 heteroatoms. The van der Waals surface area contributed by atoms with E-state index in [1.807, 2.05) is 11.0 Å². The highest BCUT2D eigenvalue weighted by Gasteiger charge is 2.24. The molecule has 154 valence electrons. The van der Waals surface area contributed by atoms with Crippen LogP contribution in [-0.2, 0) is 0 Å². The van der Waals surface area contributed by atoms with Gasteiger partial charge < -0.3 is 19.4 Å². The Morgan fingerprint density at radius 1 is 0.966 bits per heavy atom. The summed E-state index contributed by atoms with van der Waals surface area (Å²) in [5, 5.41) is 8.91. The molecule has 2 aromatic rings. The summed E-state index contributed by atoms with van der Waals surface area (Å²) < 4.78 is 5.12. The van der Waals surface area contributed by atoms with Gasteiger partial charge in [-0.3, -0.25) is 4.79 Å². The highest BCUT2D eigenvalue weighted by atomic mass is 16.5. The van der Waals surface area contributed by atoms with Gasteiger partial charge >= 0.3 is 0 Å². The maximum atomic E-state index is 12.7. The van der Waals surface area contributed by atoms with E-state index in [2.05, 4.69) is 38.0 Å². The van der Waals surface area contributed by atoms with Crippen LogP contribution in [0.25, 0.3) is 0 Å². The molecule has 2 aliphatic heterocycles. The number of anilines is 2. The molecule has 4 rings (SSSR count). The Bertz CT molecular complexity index is 827. The molecule has 0 saturated carbocycles. The van der Waals surface area contributed by atoms with Crippen LogP contribution in [0.3, 0.4) is 0 Å². The summed E-state index contributed by atoms with van der Waals surface area (Å²) in [7, 11) is 1.55. The summed E-state index contributed by atoms with van der Waals surface area (Å²) in [5.41, 5.74) is 0.602. The molecule has 1 amide bonds. The third-order valence-corrected chi connectivity index (χ3v) is 5.83. The van der Waals surface area contributed by atoms with Crippen molar-refractivity contribution in [3.05, 3.63) is 36.0 Å². The zero-order chi connectivity index (χ0) is 20.2. The fourth-order valence-electron chi connectivity index (χ4n) is 3.87. The standard InChI is InChI=1S/C21H28N6O2/c1-16-6-9-25(10-7-16)18-3-4-19(24-23-18)26-11-13-27(14-12-26)21(28)17-5-8-22-20(15-17)29-2/h3-5,8,15-16H,6-7,9-14H2,1-2H3. The Morgan fingerprint density at radius 2 is 1.59 bits per heavy atom. The van der Waals surface area contributed by atoms with Crippen LogP contribution in [0.2, 0.25) is 0 Å². The number of hydrogen-bond acceptors (Lipinski definition) is 7. The minimum Gasteiger partial charge on any atom is -0.481 e. The largest absolute Gasteiger partial charge is 0.481 e. The van der Waals surface area contributed by atoms with Crippen LogP contribution in [0.5, 0.6) is 5.88 Å². The molecule has 0 radical (unpaired) electrons. The number of ether oxygens (including phenoxy) is 1. The van der Waals surface area contributed by atoms with Crippen molar-refractivity contribution in [2.24, 2.45) is 5.92 Å². The second kappa shape index (κ2) is 8.63. The molecule has 4 heterocycles. The monoisotopic (exact) mass is 396 g/mol. The smallest absolute Gasteiger partial charge is 0.254 e. The van der Waals surface area contributed by atoms with E-state index >= 15 is 0 Å². The lowest BCUT2D eigenvalue weighted by Crippen LogP contribution is -2.49. The maximum Gasteiger partial charge on any atom is 0.254 e. The van der Waals surface area contributed by atoms with E-state index in [0.717, 1.165) is 43.7 Å². The van der Waals surface area contributed by atoms with Gasteiger partial charge in [0.2, 0.25) is 5.88 Å². The van der Waals surface area contributed by atoms with Crippen LogP contribution in [-0.4, -0.2) is 72.4 Å². The molecule has 0 spiro atoms. The fourth-order valence-corrected chi connectivity index (χ4v) is 3.87. The first-order chi connectivity index (χ1) is 14.1. The number of carbonyl (C=O) groups excluding carboxylic acids is 1. The Labute approximate surface area is 171 Å². The molecule has 2 fully saturated rings. The van der Waals surface area contributed by atoms with Crippen molar-refractivity contribution in [3.63, 3.8) is 0 Å². The van der Waals surface area contributed by atoms with Crippen LogP contribution in [0.4, 0.5) is 11.6 Å². The highest BCUT2D eigenvalue weighted by molar-refractivity contribution is 5.94. The predicted molar refractivity (Wildman–Crippen MR) is 112 cm³/mol. The zero-order valence-electron chi connectivity index (χ0n) is 17.1. The van der Waals surface area contributed by atoms with Gasteiger partial charge in [-0.05, 0) is 37.0 Å². The van der Waals surface area contributed by atoms with Crippen molar-refractivity contribution in [3.8, 4) is 5.88 Å². The first kappa shape index (κ1) is 19.4. The quantitative estimate of drug-likeness (QED) is 0.783. The predicted octanol–water partition coefficient (Wildman–Crippen LogP) is 2.08. The maximum absolute atomic E-state index is 12.7. The molecule has 8 nitrogen and oxygen atoms in total. The van der Waals surface area contributed by atoms with Crippen LogP contribution >= 0.6 is 0 Å². The molecule has 2 saturated heterocycles. The van der Waals surface area contributed by atoms with Crippen molar-refractivity contribution in [1.82, 2.24) is 20.1 Å². The molecule has 0 N–H and O–H groups in total. The average molecular weight is 396 g/mol.